The molecule has 0 aromatic carbocycles. The van der Waals surface area contributed by atoms with E-state index in [-0.39, 0.29) is 17.7 Å². The van der Waals surface area contributed by atoms with Gasteiger partial charge in [0.15, 0.2) is 8.32 Å². The van der Waals surface area contributed by atoms with Gasteiger partial charge in [-0.25, -0.2) is 4.79 Å². The highest BCUT2D eigenvalue weighted by Crippen LogP contribution is 2.39. The molecule has 2 N–H and O–H groups in total. The van der Waals surface area contributed by atoms with Gasteiger partial charge in [-0.2, -0.15) is 0 Å². The molecule has 21 heavy (non-hydrogen) atoms. The van der Waals surface area contributed by atoms with Gasteiger partial charge in [-0.1, -0.05) is 32.6 Å². The Balaban J connectivity index is 2.99. The number of likely N-dealkylation sites (tertiary alicyclic amines) is 1. The Kier molecular flexibility index (Phi) is 5.85. The second-order valence-corrected chi connectivity index (χ2v) is 11.7. The second kappa shape index (κ2) is 6.82. The van der Waals surface area contributed by atoms with Gasteiger partial charge in [0.2, 0.25) is 0 Å². The molecule has 1 fully saturated rings. The van der Waals surface area contributed by atoms with Gasteiger partial charge in [0, 0.05) is 6.54 Å². The summed E-state index contributed by atoms with van der Waals surface area (Å²) in [6, 6.07) is -0.488. The van der Waals surface area contributed by atoms with Crippen LogP contribution in [0.5, 0.6) is 0 Å². The lowest BCUT2D eigenvalue weighted by Gasteiger charge is -2.44. The highest BCUT2D eigenvalue weighted by Gasteiger charge is 2.43. The second-order valence-electron chi connectivity index (χ2n) is 6.96. The Morgan fingerprint density at radius 3 is 2.52 bits per heavy atom. The van der Waals surface area contributed by atoms with Gasteiger partial charge in [-0.05, 0) is 31.0 Å². The molecule has 0 spiro atoms. The number of nitrogens with zero attached hydrogens (tertiary/aromatic N) is 1. The molecule has 0 aromatic heterocycles. The van der Waals surface area contributed by atoms with Crippen LogP contribution in [0, 0.1) is 11.8 Å². The molecule has 1 aliphatic rings. The van der Waals surface area contributed by atoms with Crippen molar-refractivity contribution in [2.24, 2.45) is 0 Å². The van der Waals surface area contributed by atoms with Crippen LogP contribution in [0.1, 0.15) is 33.6 Å². The summed E-state index contributed by atoms with van der Waals surface area (Å²) in [6.07, 6.45) is 0.398. The van der Waals surface area contributed by atoms with Gasteiger partial charge in [0.1, 0.15) is 12.6 Å². The zero-order valence-corrected chi connectivity index (χ0v) is 14.6. The fourth-order valence-electron chi connectivity index (χ4n) is 2.17. The summed E-state index contributed by atoms with van der Waals surface area (Å²) in [5, 5.41) is 18.3. The molecule has 6 heteroatoms. The number of hydrogen-bond donors (Lipinski definition) is 2. The monoisotopic (exact) mass is 313 g/mol. The van der Waals surface area contributed by atoms with Gasteiger partial charge >= 0.3 is 6.09 Å². The molecule has 5 nitrogen and oxygen atoms in total. The van der Waals surface area contributed by atoms with Crippen molar-refractivity contribution in [3.8, 4) is 11.8 Å². The fraction of sp³-hybridized carbons (Fsp3) is 0.800. The average Bonchev–Trinajstić information content (AvgIpc) is 2.35. The van der Waals surface area contributed by atoms with Gasteiger partial charge in [-0.3, -0.25) is 4.90 Å². The quantitative estimate of drug-likeness (QED) is 0.607. The Morgan fingerprint density at radius 2 is 2.05 bits per heavy atom. The van der Waals surface area contributed by atoms with Crippen LogP contribution in [-0.2, 0) is 4.43 Å². The van der Waals surface area contributed by atoms with Crippen LogP contribution in [0.2, 0.25) is 18.1 Å². The van der Waals surface area contributed by atoms with E-state index in [2.05, 4.69) is 45.7 Å². The normalized spacial score (nSPS) is 23.4. The average molecular weight is 313 g/mol. The number of aliphatic hydroxyl groups excluding tert-OH is 1. The predicted molar refractivity (Wildman–Crippen MR) is 84.7 cm³/mol. The Morgan fingerprint density at radius 1 is 1.43 bits per heavy atom. The summed E-state index contributed by atoms with van der Waals surface area (Å²) < 4.78 is 6.38. The molecular formula is C15H27NO4Si. The third-order valence-electron chi connectivity index (χ3n) is 4.40. The molecular weight excluding hydrogens is 286 g/mol. The van der Waals surface area contributed by atoms with Crippen LogP contribution < -0.4 is 0 Å². The number of hydrogen-bond acceptors (Lipinski definition) is 3. The van der Waals surface area contributed by atoms with Crippen LogP contribution in [0.15, 0.2) is 0 Å². The van der Waals surface area contributed by atoms with Gasteiger partial charge in [0.05, 0.1) is 6.10 Å². The van der Waals surface area contributed by atoms with E-state index in [4.69, 9.17) is 9.53 Å². The van der Waals surface area contributed by atoms with Crippen LogP contribution in [0.4, 0.5) is 4.79 Å². The summed E-state index contributed by atoms with van der Waals surface area (Å²) in [5.41, 5.74) is 0. The summed E-state index contributed by atoms with van der Waals surface area (Å²) >= 11 is 0. The lowest BCUT2D eigenvalue weighted by Crippen LogP contribution is -2.55. The topological polar surface area (TPSA) is 70.0 Å². The van der Waals surface area contributed by atoms with Crippen molar-refractivity contribution in [2.45, 2.75) is 63.9 Å². The first kappa shape index (κ1) is 18.0. The van der Waals surface area contributed by atoms with E-state index in [0.29, 0.717) is 6.54 Å². The van der Waals surface area contributed by atoms with E-state index in [1.165, 1.54) is 4.90 Å². The maximum atomic E-state index is 11.4. The lowest BCUT2D eigenvalue weighted by molar-refractivity contribution is 0.0458. The number of carboxylic acid groups (broad SMARTS) is 1. The van der Waals surface area contributed by atoms with E-state index in [1.54, 1.807) is 0 Å². The number of amides is 1. The van der Waals surface area contributed by atoms with Crippen LogP contribution in [0.3, 0.4) is 0 Å². The zero-order chi connectivity index (χ0) is 16.3. The smallest absolute Gasteiger partial charge is 0.408 e. The number of rotatable bonds is 2. The van der Waals surface area contributed by atoms with Gasteiger partial charge in [-0.15, -0.1) is 0 Å². The largest absolute Gasteiger partial charge is 0.465 e. The lowest BCUT2D eigenvalue weighted by atomic mass is 10.00. The first-order valence-corrected chi connectivity index (χ1v) is 10.3. The van der Waals surface area contributed by atoms with Crippen LogP contribution >= 0.6 is 0 Å². The van der Waals surface area contributed by atoms with Crippen molar-refractivity contribution >= 4 is 14.4 Å². The Labute approximate surface area is 128 Å². The minimum absolute atomic E-state index is 0.0630. The molecule has 0 saturated carbocycles. The molecule has 0 aliphatic carbocycles. The summed E-state index contributed by atoms with van der Waals surface area (Å²) in [7, 11) is -1.99. The molecule has 0 aromatic rings. The van der Waals surface area contributed by atoms with Gasteiger partial charge in [0.25, 0.3) is 0 Å². The highest BCUT2D eigenvalue weighted by molar-refractivity contribution is 6.74. The standard InChI is InChI=1S/C15H27NO4Si/c1-15(2,3)21(4,5)20-13-9-6-10-16(14(18)19)12(13)8-7-11-17/h12-13,17H,6,9-11H2,1-5H3,(H,18,19)/t12-,13+/m1/s1. The predicted octanol–water partition coefficient (Wildman–Crippen LogP) is 2.51. The van der Waals surface area contributed by atoms with Crippen molar-refractivity contribution in [2.75, 3.05) is 13.2 Å². The Bertz CT molecular complexity index is 433. The summed E-state index contributed by atoms with van der Waals surface area (Å²) in [6.45, 7) is 11.0. The maximum absolute atomic E-state index is 11.4. The van der Waals surface area contributed by atoms with Crippen molar-refractivity contribution in [3.05, 3.63) is 0 Å². The van der Waals surface area contributed by atoms with Gasteiger partial charge < -0.3 is 14.6 Å². The third-order valence-corrected chi connectivity index (χ3v) is 8.91. The first-order valence-electron chi connectivity index (χ1n) is 7.37. The van der Waals surface area contributed by atoms with Crippen molar-refractivity contribution in [1.82, 2.24) is 4.90 Å². The molecule has 1 rings (SSSR count). The zero-order valence-electron chi connectivity index (χ0n) is 13.6. The maximum Gasteiger partial charge on any atom is 0.408 e. The highest BCUT2D eigenvalue weighted by atomic mass is 28.4. The molecule has 0 bridgehead atoms. The molecule has 0 unspecified atom stereocenters. The van der Waals surface area contributed by atoms with Crippen molar-refractivity contribution < 1.29 is 19.4 Å². The molecule has 1 saturated heterocycles. The first-order chi connectivity index (χ1) is 9.60. The van der Waals surface area contributed by atoms with Crippen molar-refractivity contribution in [3.63, 3.8) is 0 Å². The number of aliphatic hydroxyl groups is 1. The third kappa shape index (κ3) is 4.47. The molecule has 2 atom stereocenters. The van der Waals surface area contributed by atoms with E-state index in [9.17, 15) is 9.90 Å². The van der Waals surface area contributed by atoms with Crippen LogP contribution in [0.25, 0.3) is 0 Å². The number of piperidine rings is 1. The molecule has 1 amide bonds. The summed E-state index contributed by atoms with van der Waals surface area (Å²) in [4.78, 5) is 12.7. The SMILES string of the molecule is CC(C)(C)[Si](C)(C)O[C@H]1CCCN(C(=O)O)[C@@H]1C#CCO. The minimum atomic E-state index is -1.99. The fourth-order valence-corrected chi connectivity index (χ4v) is 3.53. The van der Waals surface area contributed by atoms with E-state index in [0.717, 1.165) is 12.8 Å². The van der Waals surface area contributed by atoms with Crippen molar-refractivity contribution in [1.29, 1.82) is 0 Å². The van der Waals surface area contributed by atoms with Crippen LogP contribution in [-0.4, -0.2) is 54.8 Å². The molecule has 120 valence electrons. The van der Waals surface area contributed by atoms with E-state index < -0.39 is 20.5 Å². The van der Waals surface area contributed by atoms with E-state index >= 15 is 0 Å². The summed E-state index contributed by atoms with van der Waals surface area (Å²) in [5.74, 6) is 5.46. The Hall–Kier alpha value is -1.03. The molecule has 1 aliphatic heterocycles. The molecule has 0 radical (unpaired) electrons. The minimum Gasteiger partial charge on any atom is -0.465 e. The number of carbonyl (C=O) groups is 1. The van der Waals surface area contributed by atoms with E-state index in [1.807, 2.05) is 0 Å². The molecule has 1 heterocycles.